The van der Waals surface area contributed by atoms with E-state index in [-0.39, 0.29) is 18.9 Å². The van der Waals surface area contributed by atoms with Gasteiger partial charge in [-0.05, 0) is 36.4 Å². The fraction of sp³-hybridized carbons (Fsp3) is 0.143. The van der Waals surface area contributed by atoms with Crippen LogP contribution in [0.25, 0.3) is 11.3 Å². The SMILES string of the molecule is N#CCC(=O)Nc1ccc(-c2ccc(CO)o2)cc1. The Morgan fingerprint density at radius 2 is 2.00 bits per heavy atom. The van der Waals surface area contributed by atoms with Gasteiger partial charge in [-0.2, -0.15) is 5.26 Å². The number of rotatable bonds is 4. The number of aliphatic hydroxyl groups is 1. The molecule has 0 saturated carbocycles. The second-order valence-electron chi connectivity index (χ2n) is 3.88. The minimum atomic E-state index is -0.337. The van der Waals surface area contributed by atoms with Gasteiger partial charge in [0.2, 0.25) is 5.91 Å². The summed E-state index contributed by atoms with van der Waals surface area (Å²) in [5.41, 5.74) is 1.47. The van der Waals surface area contributed by atoms with Gasteiger partial charge < -0.3 is 14.8 Å². The van der Waals surface area contributed by atoms with Crippen LogP contribution in [0.3, 0.4) is 0 Å². The summed E-state index contributed by atoms with van der Waals surface area (Å²) >= 11 is 0. The van der Waals surface area contributed by atoms with Crippen LogP contribution in [0.2, 0.25) is 0 Å². The van der Waals surface area contributed by atoms with Gasteiger partial charge in [0.1, 0.15) is 24.5 Å². The Balaban J connectivity index is 2.10. The molecule has 2 rings (SSSR count). The van der Waals surface area contributed by atoms with Gasteiger partial charge in [0, 0.05) is 11.3 Å². The van der Waals surface area contributed by atoms with E-state index < -0.39 is 0 Å². The van der Waals surface area contributed by atoms with Crippen LogP contribution in [0.5, 0.6) is 0 Å². The molecular formula is C14H12N2O3. The van der Waals surface area contributed by atoms with Crippen molar-refractivity contribution in [3.05, 3.63) is 42.2 Å². The number of nitrogens with zero attached hydrogens (tertiary/aromatic N) is 1. The quantitative estimate of drug-likeness (QED) is 0.878. The van der Waals surface area contributed by atoms with Crippen molar-refractivity contribution in [2.45, 2.75) is 13.0 Å². The second kappa shape index (κ2) is 5.85. The molecule has 0 radical (unpaired) electrons. The first-order chi connectivity index (χ1) is 9.22. The Bertz CT molecular complexity index is 608. The number of carbonyl (C=O) groups is 1. The molecule has 96 valence electrons. The molecule has 5 heteroatoms. The van der Waals surface area contributed by atoms with Crippen LogP contribution in [-0.2, 0) is 11.4 Å². The molecule has 1 heterocycles. The molecule has 2 N–H and O–H groups in total. The number of hydrogen-bond acceptors (Lipinski definition) is 4. The van der Waals surface area contributed by atoms with Crippen molar-refractivity contribution in [2.75, 3.05) is 5.32 Å². The highest BCUT2D eigenvalue weighted by Gasteiger charge is 2.05. The van der Waals surface area contributed by atoms with Gasteiger partial charge >= 0.3 is 0 Å². The molecule has 1 aromatic carbocycles. The zero-order valence-electron chi connectivity index (χ0n) is 10.1. The molecule has 1 aromatic heterocycles. The second-order valence-corrected chi connectivity index (χ2v) is 3.88. The Morgan fingerprint density at radius 3 is 2.58 bits per heavy atom. The zero-order chi connectivity index (χ0) is 13.7. The molecule has 0 unspecified atom stereocenters. The lowest BCUT2D eigenvalue weighted by atomic mass is 10.1. The van der Waals surface area contributed by atoms with E-state index in [4.69, 9.17) is 14.8 Å². The first kappa shape index (κ1) is 12.9. The molecular weight excluding hydrogens is 244 g/mol. The molecule has 0 bridgehead atoms. The molecule has 0 aliphatic heterocycles. The summed E-state index contributed by atoms with van der Waals surface area (Å²) in [7, 11) is 0. The lowest BCUT2D eigenvalue weighted by Gasteiger charge is -2.03. The highest BCUT2D eigenvalue weighted by atomic mass is 16.4. The number of benzene rings is 1. The predicted octanol–water partition coefficient (Wildman–Crippen LogP) is 2.29. The summed E-state index contributed by atoms with van der Waals surface area (Å²) in [5, 5.41) is 19.9. The number of nitrogens with one attached hydrogen (secondary N) is 1. The smallest absolute Gasteiger partial charge is 0.238 e. The average molecular weight is 256 g/mol. The Hall–Kier alpha value is -2.58. The van der Waals surface area contributed by atoms with Gasteiger partial charge in [0.25, 0.3) is 0 Å². The van der Waals surface area contributed by atoms with Gasteiger partial charge in [-0.15, -0.1) is 0 Å². The first-order valence-electron chi connectivity index (χ1n) is 5.69. The van der Waals surface area contributed by atoms with E-state index in [1.54, 1.807) is 42.5 Å². The van der Waals surface area contributed by atoms with Crippen LogP contribution in [0, 0.1) is 11.3 Å². The van der Waals surface area contributed by atoms with Crippen molar-refractivity contribution in [3.63, 3.8) is 0 Å². The number of aliphatic hydroxyl groups excluding tert-OH is 1. The van der Waals surface area contributed by atoms with Gasteiger partial charge in [-0.25, -0.2) is 0 Å². The molecule has 1 amide bonds. The molecule has 0 fully saturated rings. The topological polar surface area (TPSA) is 86.3 Å². The van der Waals surface area contributed by atoms with Gasteiger partial charge in [-0.3, -0.25) is 4.79 Å². The molecule has 0 spiro atoms. The first-order valence-corrected chi connectivity index (χ1v) is 5.69. The molecule has 5 nitrogen and oxygen atoms in total. The highest BCUT2D eigenvalue weighted by molar-refractivity contribution is 5.92. The minimum Gasteiger partial charge on any atom is -0.459 e. The third kappa shape index (κ3) is 3.21. The fourth-order valence-corrected chi connectivity index (χ4v) is 1.61. The van der Waals surface area contributed by atoms with E-state index in [0.717, 1.165) is 5.56 Å². The number of hydrogen-bond donors (Lipinski definition) is 2. The van der Waals surface area contributed by atoms with Crippen molar-refractivity contribution >= 4 is 11.6 Å². The van der Waals surface area contributed by atoms with E-state index in [1.165, 1.54) is 0 Å². The van der Waals surface area contributed by atoms with Gasteiger partial charge in [0.15, 0.2) is 0 Å². The van der Waals surface area contributed by atoms with Gasteiger partial charge in [0.05, 0.1) is 6.07 Å². The van der Waals surface area contributed by atoms with Crippen molar-refractivity contribution in [1.29, 1.82) is 5.26 Å². The number of carbonyl (C=O) groups excluding carboxylic acids is 1. The summed E-state index contributed by atoms with van der Waals surface area (Å²) in [6.07, 6.45) is -0.167. The van der Waals surface area contributed by atoms with Crippen LogP contribution in [-0.4, -0.2) is 11.0 Å². The highest BCUT2D eigenvalue weighted by Crippen LogP contribution is 2.23. The van der Waals surface area contributed by atoms with Crippen molar-refractivity contribution in [1.82, 2.24) is 0 Å². The summed E-state index contributed by atoms with van der Waals surface area (Å²) < 4.78 is 5.40. The average Bonchev–Trinajstić information content (AvgIpc) is 2.88. The van der Waals surface area contributed by atoms with E-state index in [2.05, 4.69) is 5.32 Å². The van der Waals surface area contributed by atoms with Crippen LogP contribution in [0.1, 0.15) is 12.2 Å². The van der Waals surface area contributed by atoms with Crippen LogP contribution in [0.15, 0.2) is 40.8 Å². The molecule has 0 saturated heterocycles. The predicted molar refractivity (Wildman–Crippen MR) is 68.9 cm³/mol. The molecule has 2 aromatic rings. The van der Waals surface area contributed by atoms with Crippen LogP contribution < -0.4 is 5.32 Å². The largest absolute Gasteiger partial charge is 0.459 e. The number of nitriles is 1. The Labute approximate surface area is 110 Å². The monoisotopic (exact) mass is 256 g/mol. The molecule has 0 atom stereocenters. The Morgan fingerprint density at radius 1 is 1.26 bits per heavy atom. The van der Waals surface area contributed by atoms with E-state index in [9.17, 15) is 4.79 Å². The maximum atomic E-state index is 11.2. The molecule has 0 aliphatic rings. The summed E-state index contributed by atoms with van der Waals surface area (Å²) in [5.74, 6) is 0.816. The number of amides is 1. The van der Waals surface area contributed by atoms with E-state index >= 15 is 0 Å². The lowest BCUT2D eigenvalue weighted by Crippen LogP contribution is -2.09. The third-order valence-corrected chi connectivity index (χ3v) is 2.51. The molecule has 0 aliphatic carbocycles. The maximum absolute atomic E-state index is 11.2. The maximum Gasteiger partial charge on any atom is 0.238 e. The van der Waals surface area contributed by atoms with Crippen molar-refractivity contribution in [2.24, 2.45) is 0 Å². The number of furan rings is 1. The normalized spacial score (nSPS) is 9.89. The minimum absolute atomic E-state index is 0.137. The van der Waals surface area contributed by atoms with Crippen molar-refractivity contribution in [3.8, 4) is 17.4 Å². The standard InChI is InChI=1S/C14H12N2O3/c15-8-7-14(18)16-11-3-1-10(2-4-11)13-6-5-12(9-17)19-13/h1-6,17H,7,9H2,(H,16,18). The van der Waals surface area contributed by atoms with E-state index in [1.807, 2.05) is 0 Å². The van der Waals surface area contributed by atoms with Crippen LogP contribution in [0.4, 0.5) is 5.69 Å². The zero-order valence-corrected chi connectivity index (χ0v) is 10.1. The Kier molecular flexibility index (Phi) is 3.96. The summed E-state index contributed by atoms with van der Waals surface area (Å²) in [6, 6.07) is 12.3. The number of anilines is 1. The molecule has 19 heavy (non-hydrogen) atoms. The summed E-state index contributed by atoms with van der Waals surface area (Å²) in [6.45, 7) is -0.137. The van der Waals surface area contributed by atoms with Gasteiger partial charge in [-0.1, -0.05) is 0 Å². The van der Waals surface area contributed by atoms with E-state index in [0.29, 0.717) is 17.2 Å². The summed E-state index contributed by atoms with van der Waals surface area (Å²) in [4.78, 5) is 11.2. The van der Waals surface area contributed by atoms with Crippen molar-refractivity contribution < 1.29 is 14.3 Å². The van der Waals surface area contributed by atoms with Crippen LogP contribution >= 0.6 is 0 Å². The third-order valence-electron chi connectivity index (χ3n) is 2.51. The lowest BCUT2D eigenvalue weighted by molar-refractivity contribution is -0.115. The fourth-order valence-electron chi connectivity index (χ4n) is 1.61.